The molecule has 0 heterocycles. The maximum absolute atomic E-state index is 9.91. The zero-order valence-electron chi connectivity index (χ0n) is 13.0. The lowest BCUT2D eigenvalue weighted by molar-refractivity contribution is 0.467. The van der Waals surface area contributed by atoms with Gasteiger partial charge >= 0.3 is 0 Å². The van der Waals surface area contributed by atoms with E-state index in [0.717, 1.165) is 44.9 Å². The van der Waals surface area contributed by atoms with E-state index >= 15 is 0 Å². The lowest BCUT2D eigenvalue weighted by Crippen LogP contribution is -1.90. The minimum Gasteiger partial charge on any atom is -0.508 e. The van der Waals surface area contributed by atoms with E-state index in [1.54, 1.807) is 11.8 Å². The average Bonchev–Trinajstić information content (AvgIpc) is 2.44. The zero-order valence-corrected chi connectivity index (χ0v) is 13.8. The monoisotopic (exact) mass is 302 g/mol. The van der Waals surface area contributed by atoms with Crippen molar-refractivity contribution in [3.63, 3.8) is 0 Å². The SMILES string of the molecule is CCc1cc(Sc2cc(CC)c(O)cc2C)c(C)cc1O. The molecule has 0 aliphatic rings. The van der Waals surface area contributed by atoms with Crippen LogP contribution in [0.1, 0.15) is 36.1 Å². The van der Waals surface area contributed by atoms with Crippen LogP contribution in [0.25, 0.3) is 0 Å². The molecule has 0 amide bonds. The predicted octanol–water partition coefficient (Wildman–Crippen LogP) is 4.99. The number of aryl methyl sites for hydroxylation is 4. The molecule has 0 fully saturated rings. The Balaban J connectivity index is 2.42. The number of phenolic OH excluding ortho intramolecular Hbond substituents is 2. The summed E-state index contributed by atoms with van der Waals surface area (Å²) in [6, 6.07) is 7.79. The van der Waals surface area contributed by atoms with E-state index in [1.165, 1.54) is 0 Å². The molecule has 3 heteroatoms. The fourth-order valence-corrected chi connectivity index (χ4v) is 3.41. The molecule has 2 aromatic rings. The van der Waals surface area contributed by atoms with E-state index in [4.69, 9.17) is 0 Å². The van der Waals surface area contributed by atoms with Crippen LogP contribution in [0, 0.1) is 13.8 Å². The van der Waals surface area contributed by atoms with Crippen molar-refractivity contribution in [3.05, 3.63) is 46.5 Å². The molecule has 112 valence electrons. The van der Waals surface area contributed by atoms with E-state index in [0.29, 0.717) is 11.5 Å². The number of phenols is 2. The highest BCUT2D eigenvalue weighted by atomic mass is 32.2. The second kappa shape index (κ2) is 6.44. The first-order chi connectivity index (χ1) is 9.96. The molecule has 0 saturated carbocycles. The maximum atomic E-state index is 9.91. The predicted molar refractivity (Wildman–Crippen MR) is 88.6 cm³/mol. The molecule has 0 bridgehead atoms. The minimum absolute atomic E-state index is 0.371. The van der Waals surface area contributed by atoms with E-state index < -0.39 is 0 Å². The zero-order chi connectivity index (χ0) is 15.6. The van der Waals surface area contributed by atoms with Gasteiger partial charge in [-0.3, -0.25) is 0 Å². The topological polar surface area (TPSA) is 40.5 Å². The molecule has 2 aromatic carbocycles. The maximum Gasteiger partial charge on any atom is 0.119 e. The van der Waals surface area contributed by atoms with Crippen molar-refractivity contribution in [3.8, 4) is 11.5 Å². The summed E-state index contributed by atoms with van der Waals surface area (Å²) in [4.78, 5) is 2.31. The summed E-state index contributed by atoms with van der Waals surface area (Å²) in [5, 5.41) is 19.8. The molecule has 2 N–H and O–H groups in total. The van der Waals surface area contributed by atoms with Gasteiger partial charge in [-0.15, -0.1) is 0 Å². The van der Waals surface area contributed by atoms with Gasteiger partial charge in [0.2, 0.25) is 0 Å². The number of hydrogen-bond donors (Lipinski definition) is 2. The normalized spacial score (nSPS) is 10.9. The van der Waals surface area contributed by atoms with Crippen molar-refractivity contribution in [2.45, 2.75) is 50.3 Å². The van der Waals surface area contributed by atoms with Gasteiger partial charge < -0.3 is 10.2 Å². The lowest BCUT2D eigenvalue weighted by Gasteiger charge is -2.13. The van der Waals surface area contributed by atoms with Gasteiger partial charge in [0, 0.05) is 9.79 Å². The molecule has 2 nitrogen and oxygen atoms in total. The third kappa shape index (κ3) is 3.35. The molecule has 0 spiro atoms. The van der Waals surface area contributed by atoms with Crippen molar-refractivity contribution in [1.29, 1.82) is 0 Å². The number of aromatic hydroxyl groups is 2. The van der Waals surface area contributed by atoms with Crippen molar-refractivity contribution in [2.75, 3.05) is 0 Å². The Hall–Kier alpha value is -1.61. The third-order valence-electron chi connectivity index (χ3n) is 3.73. The molecular formula is C18H22O2S. The van der Waals surface area contributed by atoms with Gasteiger partial charge in [-0.05, 0) is 73.2 Å². The molecular weight excluding hydrogens is 280 g/mol. The summed E-state index contributed by atoms with van der Waals surface area (Å²) in [7, 11) is 0. The Bertz CT molecular complexity index is 605. The largest absolute Gasteiger partial charge is 0.508 e. The summed E-state index contributed by atoms with van der Waals surface area (Å²) in [6.07, 6.45) is 1.63. The summed E-state index contributed by atoms with van der Waals surface area (Å²) >= 11 is 1.70. The molecule has 0 aliphatic carbocycles. The summed E-state index contributed by atoms with van der Waals surface area (Å²) in [5.74, 6) is 0.743. The molecule has 0 radical (unpaired) electrons. The van der Waals surface area contributed by atoms with Crippen LogP contribution in [0.2, 0.25) is 0 Å². The highest BCUT2D eigenvalue weighted by Crippen LogP contribution is 2.38. The van der Waals surface area contributed by atoms with E-state index in [9.17, 15) is 10.2 Å². The Morgan fingerprint density at radius 3 is 1.48 bits per heavy atom. The van der Waals surface area contributed by atoms with Crippen LogP contribution in [0.5, 0.6) is 11.5 Å². The summed E-state index contributed by atoms with van der Waals surface area (Å²) in [6.45, 7) is 8.11. The van der Waals surface area contributed by atoms with Gasteiger partial charge in [-0.2, -0.15) is 0 Å². The first kappa shape index (κ1) is 15.8. The number of hydrogen-bond acceptors (Lipinski definition) is 3. The molecule has 2 rings (SSSR count). The van der Waals surface area contributed by atoms with Crippen molar-refractivity contribution >= 4 is 11.8 Å². The quantitative estimate of drug-likeness (QED) is 0.836. The van der Waals surface area contributed by atoms with Gasteiger partial charge in [-0.1, -0.05) is 25.6 Å². The minimum atomic E-state index is 0.371. The van der Waals surface area contributed by atoms with Crippen LogP contribution in [-0.4, -0.2) is 10.2 Å². The van der Waals surface area contributed by atoms with Gasteiger partial charge in [0.25, 0.3) is 0 Å². The second-order valence-electron chi connectivity index (χ2n) is 5.30. The summed E-state index contributed by atoms with van der Waals surface area (Å²) in [5.41, 5.74) is 4.07. The van der Waals surface area contributed by atoms with Crippen LogP contribution in [0.4, 0.5) is 0 Å². The van der Waals surface area contributed by atoms with Crippen molar-refractivity contribution < 1.29 is 10.2 Å². The van der Waals surface area contributed by atoms with Crippen LogP contribution in [0.15, 0.2) is 34.1 Å². The highest BCUT2D eigenvalue weighted by molar-refractivity contribution is 7.99. The fourth-order valence-electron chi connectivity index (χ4n) is 2.33. The van der Waals surface area contributed by atoms with Gasteiger partial charge in [-0.25, -0.2) is 0 Å². The van der Waals surface area contributed by atoms with E-state index in [-0.39, 0.29) is 0 Å². The Morgan fingerprint density at radius 2 is 1.14 bits per heavy atom. The molecule has 0 saturated heterocycles. The highest BCUT2D eigenvalue weighted by Gasteiger charge is 2.11. The number of benzene rings is 2. The van der Waals surface area contributed by atoms with E-state index in [1.807, 2.05) is 39.8 Å². The molecule has 0 aromatic heterocycles. The first-order valence-electron chi connectivity index (χ1n) is 7.29. The van der Waals surface area contributed by atoms with Gasteiger partial charge in [0.1, 0.15) is 11.5 Å². The van der Waals surface area contributed by atoms with Crippen LogP contribution in [0.3, 0.4) is 0 Å². The van der Waals surface area contributed by atoms with E-state index in [2.05, 4.69) is 12.1 Å². The Morgan fingerprint density at radius 1 is 0.762 bits per heavy atom. The van der Waals surface area contributed by atoms with Crippen molar-refractivity contribution in [2.24, 2.45) is 0 Å². The number of rotatable bonds is 4. The first-order valence-corrected chi connectivity index (χ1v) is 8.10. The molecule has 0 atom stereocenters. The van der Waals surface area contributed by atoms with Gasteiger partial charge in [0.15, 0.2) is 0 Å². The van der Waals surface area contributed by atoms with Crippen LogP contribution >= 0.6 is 11.8 Å². The van der Waals surface area contributed by atoms with Crippen LogP contribution in [-0.2, 0) is 12.8 Å². The van der Waals surface area contributed by atoms with Crippen LogP contribution < -0.4 is 0 Å². The molecule has 0 aliphatic heterocycles. The Kier molecular flexibility index (Phi) is 4.84. The average molecular weight is 302 g/mol. The Labute approximate surface area is 130 Å². The summed E-state index contributed by atoms with van der Waals surface area (Å²) < 4.78 is 0. The lowest BCUT2D eigenvalue weighted by atomic mass is 10.1. The molecule has 21 heavy (non-hydrogen) atoms. The van der Waals surface area contributed by atoms with Gasteiger partial charge in [0.05, 0.1) is 0 Å². The van der Waals surface area contributed by atoms with Crippen molar-refractivity contribution in [1.82, 2.24) is 0 Å². The fraction of sp³-hybridized carbons (Fsp3) is 0.333. The third-order valence-corrected chi connectivity index (χ3v) is 5.05. The smallest absolute Gasteiger partial charge is 0.119 e. The standard InChI is InChI=1S/C18H22O2S/c1-5-13-9-17(11(3)7-15(13)19)21-18-10-14(6-2)16(20)8-12(18)4/h7-10,19-20H,5-6H2,1-4H3. The molecule has 0 unspecified atom stereocenters. The second-order valence-corrected chi connectivity index (χ2v) is 6.39.